The molecule has 2 heterocycles. The van der Waals surface area contributed by atoms with Crippen LogP contribution in [0, 0.1) is 5.92 Å². The first-order chi connectivity index (χ1) is 7.74. The van der Waals surface area contributed by atoms with E-state index in [1.54, 1.807) is 11.6 Å². The third-order valence-corrected chi connectivity index (χ3v) is 2.42. The van der Waals surface area contributed by atoms with E-state index in [2.05, 4.69) is 15.4 Å². The summed E-state index contributed by atoms with van der Waals surface area (Å²) < 4.78 is 6.62. The quantitative estimate of drug-likeness (QED) is 0.663. The maximum absolute atomic E-state index is 11.5. The van der Waals surface area contributed by atoms with Crippen LogP contribution in [0.5, 0.6) is 0 Å². The standard InChI is InChI=1S/C9H15N5O2/c1-2-16-8(15)6-4-11-9-12-7(3-10)13-14(9)5-6/h6H,2-5,10H2,1H3,(H,11,12,13). The molecule has 1 atom stereocenters. The summed E-state index contributed by atoms with van der Waals surface area (Å²) in [6.07, 6.45) is 0. The summed E-state index contributed by atoms with van der Waals surface area (Å²) in [7, 11) is 0. The molecule has 0 saturated carbocycles. The van der Waals surface area contributed by atoms with Crippen LogP contribution in [0.1, 0.15) is 12.7 Å². The monoisotopic (exact) mass is 225 g/mol. The van der Waals surface area contributed by atoms with Gasteiger partial charge in [-0.15, -0.1) is 0 Å². The summed E-state index contributed by atoms with van der Waals surface area (Å²) >= 11 is 0. The van der Waals surface area contributed by atoms with Crippen LogP contribution < -0.4 is 11.1 Å². The average Bonchev–Trinajstić information content (AvgIpc) is 2.70. The summed E-state index contributed by atoms with van der Waals surface area (Å²) in [5.74, 6) is 0.832. The number of nitrogens with one attached hydrogen (secondary N) is 1. The van der Waals surface area contributed by atoms with Gasteiger partial charge in [-0.05, 0) is 6.92 Å². The lowest BCUT2D eigenvalue weighted by atomic mass is 10.1. The van der Waals surface area contributed by atoms with Crippen LogP contribution in [0.3, 0.4) is 0 Å². The second kappa shape index (κ2) is 4.48. The molecule has 0 amide bonds. The van der Waals surface area contributed by atoms with Gasteiger partial charge in [0.05, 0.1) is 25.6 Å². The Morgan fingerprint density at radius 2 is 2.56 bits per heavy atom. The molecule has 1 aliphatic heterocycles. The number of nitrogens with two attached hydrogens (primary N) is 1. The Kier molecular flexibility index (Phi) is 3.04. The van der Waals surface area contributed by atoms with E-state index < -0.39 is 0 Å². The van der Waals surface area contributed by atoms with Gasteiger partial charge in [0.1, 0.15) is 0 Å². The molecule has 0 spiro atoms. The van der Waals surface area contributed by atoms with Crippen molar-refractivity contribution in [2.24, 2.45) is 11.7 Å². The van der Waals surface area contributed by atoms with Gasteiger partial charge in [0.15, 0.2) is 5.82 Å². The molecule has 0 aromatic carbocycles. The Balaban J connectivity index is 2.08. The number of nitrogens with zero attached hydrogens (tertiary/aromatic N) is 3. The number of rotatable bonds is 3. The summed E-state index contributed by atoms with van der Waals surface area (Å²) in [6, 6.07) is 0. The highest BCUT2D eigenvalue weighted by Gasteiger charge is 2.27. The molecule has 16 heavy (non-hydrogen) atoms. The molecule has 88 valence electrons. The van der Waals surface area contributed by atoms with Gasteiger partial charge in [-0.3, -0.25) is 4.79 Å². The van der Waals surface area contributed by atoms with Gasteiger partial charge < -0.3 is 15.8 Å². The molecule has 1 aromatic heterocycles. The zero-order valence-corrected chi connectivity index (χ0v) is 9.14. The first-order valence-corrected chi connectivity index (χ1v) is 5.29. The molecular formula is C9H15N5O2. The van der Waals surface area contributed by atoms with Gasteiger partial charge in [-0.2, -0.15) is 10.1 Å². The average molecular weight is 225 g/mol. The SMILES string of the molecule is CCOC(=O)C1CNc2nc(CN)nn2C1. The number of fused-ring (bicyclic) bond motifs is 1. The molecule has 0 aliphatic carbocycles. The number of carbonyl (C=O) groups excluding carboxylic acids is 1. The lowest BCUT2D eigenvalue weighted by Gasteiger charge is -2.21. The topological polar surface area (TPSA) is 95.1 Å². The van der Waals surface area contributed by atoms with Crippen molar-refractivity contribution in [3.63, 3.8) is 0 Å². The van der Waals surface area contributed by atoms with Crippen LogP contribution in [0.4, 0.5) is 5.95 Å². The maximum Gasteiger partial charge on any atom is 0.312 e. The molecule has 1 aromatic rings. The van der Waals surface area contributed by atoms with E-state index in [9.17, 15) is 4.79 Å². The van der Waals surface area contributed by atoms with Crippen LogP contribution in [-0.4, -0.2) is 33.9 Å². The highest BCUT2D eigenvalue weighted by molar-refractivity contribution is 5.73. The van der Waals surface area contributed by atoms with Crippen molar-refractivity contribution in [1.82, 2.24) is 14.8 Å². The minimum atomic E-state index is -0.209. The number of hydrogen-bond donors (Lipinski definition) is 2. The molecule has 0 saturated heterocycles. The van der Waals surface area contributed by atoms with E-state index in [1.165, 1.54) is 0 Å². The van der Waals surface area contributed by atoms with Crippen LogP contribution in [0.15, 0.2) is 0 Å². The number of aromatic nitrogens is 3. The van der Waals surface area contributed by atoms with E-state index in [-0.39, 0.29) is 11.9 Å². The summed E-state index contributed by atoms with van der Waals surface area (Å²) in [5, 5.41) is 7.21. The first-order valence-electron chi connectivity index (χ1n) is 5.29. The lowest BCUT2D eigenvalue weighted by molar-refractivity contribution is -0.148. The Hall–Kier alpha value is -1.63. The van der Waals surface area contributed by atoms with Crippen LogP contribution in [0.2, 0.25) is 0 Å². The molecule has 0 bridgehead atoms. The minimum absolute atomic E-state index is 0.203. The van der Waals surface area contributed by atoms with Crippen LogP contribution >= 0.6 is 0 Å². The van der Waals surface area contributed by atoms with Gasteiger partial charge in [0.25, 0.3) is 0 Å². The number of carbonyl (C=O) groups is 1. The van der Waals surface area contributed by atoms with E-state index in [1.807, 2.05) is 0 Å². The van der Waals surface area contributed by atoms with Crippen molar-refractivity contribution in [1.29, 1.82) is 0 Å². The van der Waals surface area contributed by atoms with E-state index in [4.69, 9.17) is 10.5 Å². The second-order valence-corrected chi connectivity index (χ2v) is 3.57. The molecule has 0 fully saturated rings. The number of esters is 1. The molecular weight excluding hydrogens is 210 g/mol. The van der Waals surface area contributed by atoms with Crippen LogP contribution in [-0.2, 0) is 22.6 Å². The normalized spacial score (nSPS) is 18.8. The summed E-state index contributed by atoms with van der Waals surface area (Å²) in [4.78, 5) is 15.7. The summed E-state index contributed by atoms with van der Waals surface area (Å²) in [6.45, 7) is 3.51. The van der Waals surface area contributed by atoms with Crippen LogP contribution in [0.25, 0.3) is 0 Å². The fourth-order valence-corrected chi connectivity index (χ4v) is 1.64. The predicted molar refractivity (Wildman–Crippen MR) is 56.5 cm³/mol. The third-order valence-electron chi connectivity index (χ3n) is 2.42. The predicted octanol–water partition coefficient (Wildman–Crippen LogP) is -0.658. The highest BCUT2D eigenvalue weighted by Crippen LogP contribution is 2.16. The number of anilines is 1. The second-order valence-electron chi connectivity index (χ2n) is 3.57. The Morgan fingerprint density at radius 1 is 1.75 bits per heavy atom. The molecule has 7 nitrogen and oxygen atoms in total. The zero-order valence-electron chi connectivity index (χ0n) is 9.14. The number of hydrogen-bond acceptors (Lipinski definition) is 6. The molecule has 7 heteroatoms. The Labute approximate surface area is 93.0 Å². The van der Waals surface area contributed by atoms with Gasteiger partial charge in [-0.1, -0.05) is 0 Å². The molecule has 3 N–H and O–H groups in total. The Bertz CT molecular complexity index is 389. The molecule has 1 unspecified atom stereocenters. The fraction of sp³-hybridized carbons (Fsp3) is 0.667. The van der Waals surface area contributed by atoms with E-state index in [0.29, 0.717) is 38.0 Å². The van der Waals surface area contributed by atoms with Crippen molar-refractivity contribution in [3.8, 4) is 0 Å². The number of ether oxygens (including phenoxy) is 1. The van der Waals surface area contributed by atoms with Gasteiger partial charge in [0.2, 0.25) is 5.95 Å². The van der Waals surface area contributed by atoms with Crippen molar-refractivity contribution in [3.05, 3.63) is 5.82 Å². The maximum atomic E-state index is 11.5. The fourth-order valence-electron chi connectivity index (χ4n) is 1.64. The van der Waals surface area contributed by atoms with Crippen molar-refractivity contribution in [2.45, 2.75) is 20.0 Å². The lowest BCUT2D eigenvalue weighted by Crippen LogP contribution is -2.34. The van der Waals surface area contributed by atoms with Crippen molar-refractivity contribution < 1.29 is 9.53 Å². The first kappa shape index (κ1) is 10.9. The van der Waals surface area contributed by atoms with E-state index in [0.717, 1.165) is 0 Å². The third kappa shape index (κ3) is 1.99. The highest BCUT2D eigenvalue weighted by atomic mass is 16.5. The Morgan fingerprint density at radius 3 is 3.25 bits per heavy atom. The van der Waals surface area contributed by atoms with Crippen molar-refractivity contribution >= 4 is 11.9 Å². The molecule has 2 rings (SSSR count). The minimum Gasteiger partial charge on any atom is -0.466 e. The van der Waals surface area contributed by atoms with Gasteiger partial charge in [-0.25, -0.2) is 4.68 Å². The molecule has 0 radical (unpaired) electrons. The molecule has 1 aliphatic rings. The smallest absolute Gasteiger partial charge is 0.312 e. The zero-order chi connectivity index (χ0) is 11.5. The van der Waals surface area contributed by atoms with E-state index >= 15 is 0 Å². The largest absolute Gasteiger partial charge is 0.466 e. The van der Waals surface area contributed by atoms with Crippen molar-refractivity contribution in [2.75, 3.05) is 18.5 Å². The van der Waals surface area contributed by atoms with Gasteiger partial charge in [0, 0.05) is 6.54 Å². The van der Waals surface area contributed by atoms with Gasteiger partial charge >= 0.3 is 5.97 Å². The summed E-state index contributed by atoms with van der Waals surface area (Å²) in [5.41, 5.74) is 5.45.